The fraction of sp³-hybridized carbons (Fsp3) is 0.333. The van der Waals surface area contributed by atoms with Gasteiger partial charge in [-0.05, 0) is 24.6 Å². The van der Waals surface area contributed by atoms with E-state index in [4.69, 9.17) is 0 Å². The number of nitrogens with zero attached hydrogens (tertiary/aromatic N) is 4. The average Bonchev–Trinajstić information content (AvgIpc) is 2.87. The first-order valence-electron chi connectivity index (χ1n) is 6.46. The lowest BCUT2D eigenvalue weighted by molar-refractivity contribution is 0.520. The molecular formula is C12H17N5O4S2. The molecule has 1 aromatic carbocycles. The van der Waals surface area contributed by atoms with Crippen LogP contribution in [0.3, 0.4) is 0 Å². The minimum absolute atomic E-state index is 0.00562. The molecule has 9 nitrogen and oxygen atoms in total. The first-order chi connectivity index (χ1) is 10.6. The Morgan fingerprint density at radius 2 is 1.83 bits per heavy atom. The molecule has 2 rings (SSSR count). The summed E-state index contributed by atoms with van der Waals surface area (Å²) in [6.45, 7) is 1.67. The minimum atomic E-state index is -3.93. The molecule has 0 atom stereocenters. The molecule has 0 radical (unpaired) electrons. The molecule has 0 unspecified atom stereocenters. The molecule has 0 aliphatic rings. The zero-order valence-electron chi connectivity index (χ0n) is 13.0. The lowest BCUT2D eigenvalue weighted by atomic mass is 10.2. The molecular weight excluding hydrogens is 342 g/mol. The standard InChI is InChI=1S/C12H17N5O4S2/c1-9-5-6-10(23(20,21)16(2)3)7-11(9)14-22(18,19)12-8-13-15-17(12)4/h5-8,14H,1-4H3. The quantitative estimate of drug-likeness (QED) is 0.814. The maximum absolute atomic E-state index is 12.4. The predicted octanol–water partition coefficient (Wildman–Crippen LogP) is 0.175. The highest BCUT2D eigenvalue weighted by Gasteiger charge is 2.22. The van der Waals surface area contributed by atoms with Crippen molar-refractivity contribution in [1.82, 2.24) is 19.3 Å². The summed E-state index contributed by atoms with van der Waals surface area (Å²) in [6, 6.07) is 4.25. The van der Waals surface area contributed by atoms with Gasteiger partial charge in [0, 0.05) is 21.1 Å². The number of hydrogen-bond acceptors (Lipinski definition) is 6. The minimum Gasteiger partial charge on any atom is -0.278 e. The Kier molecular flexibility index (Phi) is 4.46. The van der Waals surface area contributed by atoms with Gasteiger partial charge in [-0.15, -0.1) is 5.10 Å². The highest BCUT2D eigenvalue weighted by Crippen LogP contribution is 2.24. The Hall–Kier alpha value is -1.98. The number of benzene rings is 1. The summed E-state index contributed by atoms with van der Waals surface area (Å²) < 4.78 is 53.6. The topological polar surface area (TPSA) is 114 Å². The molecule has 0 bridgehead atoms. The Labute approximate surface area is 135 Å². The van der Waals surface area contributed by atoms with E-state index >= 15 is 0 Å². The second kappa shape index (κ2) is 5.91. The highest BCUT2D eigenvalue weighted by atomic mass is 32.2. The van der Waals surface area contributed by atoms with Gasteiger partial charge in [0.2, 0.25) is 10.0 Å². The smallest absolute Gasteiger partial charge is 0.278 e. The van der Waals surface area contributed by atoms with E-state index in [0.717, 1.165) is 15.2 Å². The van der Waals surface area contributed by atoms with Crippen molar-refractivity contribution in [3.05, 3.63) is 30.0 Å². The van der Waals surface area contributed by atoms with Gasteiger partial charge >= 0.3 is 0 Å². The second-order valence-electron chi connectivity index (χ2n) is 5.07. The van der Waals surface area contributed by atoms with Crippen molar-refractivity contribution in [2.24, 2.45) is 7.05 Å². The molecule has 0 saturated heterocycles. The molecule has 0 fully saturated rings. The van der Waals surface area contributed by atoms with E-state index in [2.05, 4.69) is 15.0 Å². The van der Waals surface area contributed by atoms with E-state index in [1.807, 2.05) is 0 Å². The van der Waals surface area contributed by atoms with Gasteiger partial charge in [0.05, 0.1) is 16.8 Å². The molecule has 1 aromatic heterocycles. The van der Waals surface area contributed by atoms with Gasteiger partial charge < -0.3 is 0 Å². The zero-order chi connectivity index (χ0) is 17.4. The van der Waals surface area contributed by atoms with Gasteiger partial charge in [-0.25, -0.2) is 17.4 Å². The summed E-state index contributed by atoms with van der Waals surface area (Å²) in [5.74, 6) is 0. The molecule has 1 N–H and O–H groups in total. The molecule has 126 valence electrons. The van der Waals surface area contributed by atoms with Gasteiger partial charge in [-0.1, -0.05) is 11.3 Å². The van der Waals surface area contributed by atoms with E-state index < -0.39 is 20.0 Å². The molecule has 1 heterocycles. The number of hydrogen-bond donors (Lipinski definition) is 1. The van der Waals surface area contributed by atoms with Crippen LogP contribution in [0.2, 0.25) is 0 Å². The van der Waals surface area contributed by atoms with Crippen molar-refractivity contribution in [3.63, 3.8) is 0 Å². The maximum atomic E-state index is 12.4. The third-order valence-corrected chi connectivity index (χ3v) is 6.40. The van der Waals surface area contributed by atoms with Crippen LogP contribution in [-0.4, -0.2) is 50.2 Å². The average molecular weight is 359 g/mol. The molecule has 0 amide bonds. The zero-order valence-corrected chi connectivity index (χ0v) is 14.7. The van der Waals surface area contributed by atoms with E-state index in [0.29, 0.717) is 5.56 Å². The van der Waals surface area contributed by atoms with Crippen molar-refractivity contribution < 1.29 is 16.8 Å². The Morgan fingerprint density at radius 1 is 1.17 bits per heavy atom. The summed E-state index contributed by atoms with van der Waals surface area (Å²) in [7, 11) is -3.34. The van der Waals surface area contributed by atoms with E-state index in [-0.39, 0.29) is 15.6 Å². The van der Waals surface area contributed by atoms with Crippen molar-refractivity contribution >= 4 is 25.7 Å². The van der Waals surface area contributed by atoms with Crippen molar-refractivity contribution in [1.29, 1.82) is 0 Å². The van der Waals surface area contributed by atoms with Gasteiger partial charge in [-0.2, -0.15) is 8.42 Å². The molecule has 23 heavy (non-hydrogen) atoms. The molecule has 2 aromatic rings. The first-order valence-corrected chi connectivity index (χ1v) is 9.38. The van der Waals surface area contributed by atoms with E-state index in [9.17, 15) is 16.8 Å². The van der Waals surface area contributed by atoms with Crippen LogP contribution in [0, 0.1) is 6.92 Å². The van der Waals surface area contributed by atoms with Crippen molar-refractivity contribution in [3.8, 4) is 0 Å². The third kappa shape index (κ3) is 3.35. The predicted molar refractivity (Wildman–Crippen MR) is 83.9 cm³/mol. The van der Waals surface area contributed by atoms with E-state index in [1.54, 1.807) is 6.92 Å². The molecule has 0 aliphatic carbocycles. The van der Waals surface area contributed by atoms with Crippen LogP contribution in [0.15, 0.2) is 34.3 Å². The van der Waals surface area contributed by atoms with Gasteiger partial charge in [0.15, 0.2) is 5.03 Å². The molecule has 11 heteroatoms. The molecule has 0 aliphatic heterocycles. The Balaban J connectivity index is 2.47. The second-order valence-corrected chi connectivity index (χ2v) is 8.85. The summed E-state index contributed by atoms with van der Waals surface area (Å²) in [5, 5.41) is 6.97. The first kappa shape index (κ1) is 17.4. The Bertz CT molecular complexity index is 932. The monoisotopic (exact) mass is 359 g/mol. The number of rotatable bonds is 5. The molecule has 0 spiro atoms. The van der Waals surface area contributed by atoms with Crippen molar-refractivity contribution in [2.75, 3.05) is 18.8 Å². The summed E-state index contributed by atoms with van der Waals surface area (Å²) in [6.07, 6.45) is 1.11. The number of aromatic nitrogens is 3. The summed E-state index contributed by atoms with van der Waals surface area (Å²) in [5.41, 5.74) is 0.760. The van der Waals surface area contributed by atoms with Crippen LogP contribution in [-0.2, 0) is 27.1 Å². The van der Waals surface area contributed by atoms with Crippen molar-refractivity contribution in [2.45, 2.75) is 16.8 Å². The third-order valence-electron chi connectivity index (χ3n) is 3.18. The molecule has 0 saturated carbocycles. The van der Waals surface area contributed by atoms with Crippen LogP contribution < -0.4 is 4.72 Å². The van der Waals surface area contributed by atoms with Crippen LogP contribution in [0.25, 0.3) is 0 Å². The van der Waals surface area contributed by atoms with E-state index in [1.165, 1.54) is 39.3 Å². The van der Waals surface area contributed by atoms with Crippen LogP contribution >= 0.6 is 0 Å². The highest BCUT2D eigenvalue weighted by molar-refractivity contribution is 7.92. The number of aryl methyl sites for hydroxylation is 2. The summed E-state index contributed by atoms with van der Waals surface area (Å²) in [4.78, 5) is -0.00562. The normalized spacial score (nSPS) is 12.6. The van der Waals surface area contributed by atoms with Gasteiger partial charge in [0.1, 0.15) is 0 Å². The van der Waals surface area contributed by atoms with Crippen LogP contribution in [0.1, 0.15) is 5.56 Å². The lowest BCUT2D eigenvalue weighted by Crippen LogP contribution is -2.23. The Morgan fingerprint density at radius 3 is 2.35 bits per heavy atom. The maximum Gasteiger partial charge on any atom is 0.280 e. The lowest BCUT2D eigenvalue weighted by Gasteiger charge is -2.15. The fourth-order valence-corrected chi connectivity index (χ4v) is 3.92. The largest absolute Gasteiger partial charge is 0.280 e. The fourth-order valence-electron chi connectivity index (χ4n) is 1.80. The number of sulfonamides is 2. The van der Waals surface area contributed by atoms with Gasteiger partial charge in [-0.3, -0.25) is 4.72 Å². The van der Waals surface area contributed by atoms with Gasteiger partial charge in [0.25, 0.3) is 10.0 Å². The van der Waals surface area contributed by atoms with Crippen LogP contribution in [0.4, 0.5) is 5.69 Å². The summed E-state index contributed by atoms with van der Waals surface area (Å²) >= 11 is 0. The number of nitrogens with one attached hydrogen (secondary N) is 1. The SMILES string of the molecule is Cc1ccc(S(=O)(=O)N(C)C)cc1NS(=O)(=O)c1cnnn1C. The number of anilines is 1. The van der Waals surface area contributed by atoms with Crippen LogP contribution in [0.5, 0.6) is 0 Å².